The lowest BCUT2D eigenvalue weighted by molar-refractivity contribution is -0.288. The van der Waals surface area contributed by atoms with Gasteiger partial charge in [0.25, 0.3) is 0 Å². The van der Waals surface area contributed by atoms with Gasteiger partial charge in [-0.25, -0.2) is 0 Å². The fourth-order valence-corrected chi connectivity index (χ4v) is 4.31. The third-order valence-corrected chi connectivity index (χ3v) is 6.61. The quantitative estimate of drug-likeness (QED) is 0.151. The van der Waals surface area contributed by atoms with E-state index in [2.05, 4.69) is 13.8 Å². The van der Waals surface area contributed by atoms with E-state index in [4.69, 9.17) is 14.2 Å². The van der Waals surface area contributed by atoms with E-state index in [0.29, 0.717) is 13.0 Å². The summed E-state index contributed by atoms with van der Waals surface area (Å²) in [6.45, 7) is 10.7. The van der Waals surface area contributed by atoms with Crippen LogP contribution in [0, 0.1) is 5.41 Å². The first-order valence-corrected chi connectivity index (χ1v) is 13.4. The molecule has 184 valence electrons. The van der Waals surface area contributed by atoms with Crippen molar-refractivity contribution in [3.8, 4) is 0 Å². The van der Waals surface area contributed by atoms with Gasteiger partial charge in [0.05, 0.1) is 19.8 Å². The summed E-state index contributed by atoms with van der Waals surface area (Å²) in [5.41, 5.74) is 0.196. The summed E-state index contributed by atoms with van der Waals surface area (Å²) in [5, 5.41) is 0. The molecular weight excluding hydrogens is 388 g/mol. The molecule has 4 heteroatoms. The van der Waals surface area contributed by atoms with Crippen LogP contribution in [0.3, 0.4) is 0 Å². The van der Waals surface area contributed by atoms with Gasteiger partial charge in [-0.05, 0) is 39.5 Å². The zero-order chi connectivity index (χ0) is 22.8. The van der Waals surface area contributed by atoms with Crippen LogP contribution in [-0.2, 0) is 19.0 Å². The van der Waals surface area contributed by atoms with Crippen LogP contribution in [0.2, 0.25) is 0 Å². The number of hydrogen-bond acceptors (Lipinski definition) is 4. The summed E-state index contributed by atoms with van der Waals surface area (Å²) in [4.78, 5) is 11.7. The Morgan fingerprint density at radius 1 is 0.710 bits per heavy atom. The Morgan fingerprint density at radius 3 is 1.74 bits per heavy atom. The Balaban J connectivity index is 2.20. The molecule has 0 saturated carbocycles. The summed E-state index contributed by atoms with van der Waals surface area (Å²) >= 11 is 0. The maximum Gasteiger partial charge on any atom is 0.305 e. The van der Waals surface area contributed by atoms with Crippen molar-refractivity contribution in [1.82, 2.24) is 0 Å². The second kappa shape index (κ2) is 16.9. The van der Waals surface area contributed by atoms with Crippen molar-refractivity contribution in [3.63, 3.8) is 0 Å². The fourth-order valence-electron chi connectivity index (χ4n) is 4.31. The number of unbranched alkanes of at least 4 members (excludes halogenated alkanes) is 11. The van der Waals surface area contributed by atoms with Gasteiger partial charge in [0.2, 0.25) is 0 Å². The highest BCUT2D eigenvalue weighted by molar-refractivity contribution is 5.69. The molecule has 1 aliphatic rings. The second-order valence-electron chi connectivity index (χ2n) is 10.2. The maximum absolute atomic E-state index is 11.7. The average molecular weight is 441 g/mol. The van der Waals surface area contributed by atoms with E-state index in [-0.39, 0.29) is 11.4 Å². The highest BCUT2D eigenvalue weighted by atomic mass is 16.7. The Hall–Kier alpha value is -0.610. The second-order valence-corrected chi connectivity index (χ2v) is 10.2. The van der Waals surface area contributed by atoms with E-state index < -0.39 is 5.79 Å². The summed E-state index contributed by atoms with van der Waals surface area (Å²) in [5.74, 6) is -0.462. The first kappa shape index (κ1) is 28.4. The van der Waals surface area contributed by atoms with Crippen LogP contribution in [0.25, 0.3) is 0 Å². The molecule has 1 rings (SSSR count). The fraction of sp³-hybridized carbons (Fsp3) is 0.963. The van der Waals surface area contributed by atoms with Gasteiger partial charge in [-0.2, -0.15) is 0 Å². The van der Waals surface area contributed by atoms with E-state index in [0.717, 1.165) is 38.9 Å². The zero-order valence-electron chi connectivity index (χ0n) is 21.3. The van der Waals surface area contributed by atoms with Gasteiger partial charge >= 0.3 is 5.97 Å². The average Bonchev–Trinajstić information content (AvgIpc) is 2.74. The number of hydrogen-bond donors (Lipinski definition) is 0. The van der Waals surface area contributed by atoms with Gasteiger partial charge in [-0.1, -0.05) is 90.9 Å². The summed E-state index contributed by atoms with van der Waals surface area (Å²) in [6, 6.07) is 0. The number of esters is 1. The van der Waals surface area contributed by atoms with Crippen molar-refractivity contribution in [1.29, 1.82) is 0 Å². The molecule has 1 saturated heterocycles. The topological polar surface area (TPSA) is 44.8 Å². The molecule has 0 bridgehead atoms. The molecule has 1 heterocycles. The van der Waals surface area contributed by atoms with Crippen molar-refractivity contribution < 1.29 is 19.0 Å². The van der Waals surface area contributed by atoms with Gasteiger partial charge in [0, 0.05) is 11.8 Å². The number of carbonyl (C=O) groups is 1. The molecule has 0 aliphatic carbocycles. The highest BCUT2D eigenvalue weighted by Gasteiger charge is 2.39. The minimum absolute atomic E-state index is 0.0267. The predicted molar refractivity (Wildman–Crippen MR) is 129 cm³/mol. The predicted octanol–water partition coefficient (Wildman–Crippen LogP) is 7.97. The van der Waals surface area contributed by atoms with Crippen LogP contribution >= 0.6 is 0 Å². The SMILES string of the molecule is CCCCCCCCCC1(CCCCCCCC(=O)OCCCC)COC(C)(C)OC1. The molecule has 0 radical (unpaired) electrons. The smallest absolute Gasteiger partial charge is 0.305 e. The number of ether oxygens (including phenoxy) is 3. The highest BCUT2D eigenvalue weighted by Crippen LogP contribution is 2.38. The molecular formula is C27H52O4. The lowest BCUT2D eigenvalue weighted by Gasteiger charge is -2.44. The third-order valence-electron chi connectivity index (χ3n) is 6.61. The Morgan fingerprint density at radius 2 is 1.19 bits per heavy atom. The van der Waals surface area contributed by atoms with Crippen molar-refractivity contribution in [2.75, 3.05) is 19.8 Å². The number of rotatable bonds is 19. The van der Waals surface area contributed by atoms with Crippen molar-refractivity contribution in [2.24, 2.45) is 5.41 Å². The lowest BCUT2D eigenvalue weighted by atomic mass is 9.78. The normalized spacial score (nSPS) is 17.5. The minimum Gasteiger partial charge on any atom is -0.466 e. The molecule has 0 aromatic rings. The van der Waals surface area contributed by atoms with Crippen LogP contribution in [0.5, 0.6) is 0 Å². The Bertz CT molecular complexity index is 437. The van der Waals surface area contributed by atoms with E-state index in [1.807, 2.05) is 13.8 Å². The molecule has 1 aliphatic heterocycles. The molecule has 1 fully saturated rings. The van der Waals surface area contributed by atoms with Gasteiger partial charge in [0.1, 0.15) is 0 Å². The Labute approximate surface area is 193 Å². The Kier molecular flexibility index (Phi) is 15.5. The van der Waals surface area contributed by atoms with Gasteiger partial charge < -0.3 is 14.2 Å². The van der Waals surface area contributed by atoms with Gasteiger partial charge in [-0.3, -0.25) is 4.79 Å². The van der Waals surface area contributed by atoms with Crippen molar-refractivity contribution >= 4 is 5.97 Å². The first-order valence-electron chi connectivity index (χ1n) is 13.4. The molecule has 0 aromatic heterocycles. The van der Waals surface area contributed by atoms with E-state index >= 15 is 0 Å². The monoisotopic (exact) mass is 440 g/mol. The summed E-state index contributed by atoms with van der Waals surface area (Å²) in [7, 11) is 0. The molecule has 0 N–H and O–H groups in total. The van der Waals surface area contributed by atoms with Crippen LogP contribution in [0.15, 0.2) is 0 Å². The van der Waals surface area contributed by atoms with Crippen molar-refractivity contribution in [2.45, 2.75) is 143 Å². The maximum atomic E-state index is 11.7. The van der Waals surface area contributed by atoms with E-state index in [9.17, 15) is 4.79 Å². The molecule has 0 amide bonds. The minimum atomic E-state index is -0.435. The third kappa shape index (κ3) is 14.2. The summed E-state index contributed by atoms with van der Waals surface area (Å²) < 4.78 is 17.4. The standard InChI is InChI=1S/C27H52O4/c1-5-7-9-10-11-14-17-20-27(23-30-26(3,4)31-24-27)21-18-15-12-13-16-19-25(28)29-22-8-6-2/h5-24H2,1-4H3. The first-order chi connectivity index (χ1) is 14.9. The zero-order valence-corrected chi connectivity index (χ0v) is 21.3. The van der Waals surface area contributed by atoms with Crippen LogP contribution in [0.4, 0.5) is 0 Å². The van der Waals surface area contributed by atoms with E-state index in [1.54, 1.807) is 0 Å². The molecule has 0 aromatic carbocycles. The number of carbonyl (C=O) groups excluding carboxylic acids is 1. The van der Waals surface area contributed by atoms with Crippen LogP contribution in [0.1, 0.15) is 137 Å². The van der Waals surface area contributed by atoms with Crippen molar-refractivity contribution in [3.05, 3.63) is 0 Å². The molecule has 0 unspecified atom stereocenters. The lowest BCUT2D eigenvalue weighted by Crippen LogP contribution is -2.46. The molecule has 0 spiro atoms. The van der Waals surface area contributed by atoms with Gasteiger partial charge in [0.15, 0.2) is 5.79 Å². The van der Waals surface area contributed by atoms with Crippen LogP contribution < -0.4 is 0 Å². The molecule has 0 atom stereocenters. The molecule has 4 nitrogen and oxygen atoms in total. The van der Waals surface area contributed by atoms with E-state index in [1.165, 1.54) is 77.0 Å². The summed E-state index contributed by atoms with van der Waals surface area (Å²) in [6.07, 6.45) is 20.2. The molecule has 31 heavy (non-hydrogen) atoms. The largest absolute Gasteiger partial charge is 0.466 e. The van der Waals surface area contributed by atoms with Gasteiger partial charge in [-0.15, -0.1) is 0 Å². The van der Waals surface area contributed by atoms with Crippen LogP contribution in [-0.4, -0.2) is 31.6 Å².